The van der Waals surface area contributed by atoms with Crippen molar-refractivity contribution in [3.05, 3.63) is 78.4 Å². The van der Waals surface area contributed by atoms with Crippen LogP contribution in [0.15, 0.2) is 72.1 Å². The molecular formula is C18H18NO3S+. The van der Waals surface area contributed by atoms with E-state index in [9.17, 15) is 8.42 Å². The third kappa shape index (κ3) is 3.19. The van der Waals surface area contributed by atoms with Crippen LogP contribution >= 0.6 is 0 Å². The maximum atomic E-state index is 12.6. The molecule has 0 amide bonds. The van der Waals surface area contributed by atoms with E-state index in [0.29, 0.717) is 19.0 Å². The summed E-state index contributed by atoms with van der Waals surface area (Å²) >= 11 is 0. The van der Waals surface area contributed by atoms with Crippen molar-refractivity contribution in [2.75, 3.05) is 13.1 Å². The lowest BCUT2D eigenvalue weighted by atomic mass is 10.0. The minimum Gasteiger partial charge on any atom is -0.319 e. The first-order chi connectivity index (χ1) is 11.1. The lowest BCUT2D eigenvalue weighted by Crippen LogP contribution is -2.33. The molecule has 0 aromatic heterocycles. The molecule has 1 heterocycles. The van der Waals surface area contributed by atoms with Gasteiger partial charge in [-0.3, -0.25) is 0 Å². The average molecular weight is 328 g/mol. The molecule has 5 heteroatoms. The quantitative estimate of drug-likeness (QED) is 0.492. The molecule has 0 fully saturated rings. The molecule has 4 nitrogen and oxygen atoms in total. The Hall–Kier alpha value is -2.40. The summed E-state index contributed by atoms with van der Waals surface area (Å²) in [6.45, 7) is 4.97. The van der Waals surface area contributed by atoms with Gasteiger partial charge in [0.2, 0.25) is 0 Å². The largest absolute Gasteiger partial charge is 0.386 e. The van der Waals surface area contributed by atoms with Crippen molar-refractivity contribution in [1.82, 2.24) is 0 Å². The molecule has 0 N–H and O–H groups in total. The first kappa shape index (κ1) is 15.5. The van der Waals surface area contributed by atoms with Crippen molar-refractivity contribution in [3.8, 4) is 0 Å². The first-order valence-electron chi connectivity index (χ1n) is 7.42. The van der Waals surface area contributed by atoms with Crippen molar-refractivity contribution >= 4 is 16.0 Å². The van der Waals surface area contributed by atoms with Crippen molar-refractivity contribution in [2.45, 2.75) is 11.3 Å². The zero-order valence-corrected chi connectivity index (χ0v) is 13.5. The summed E-state index contributed by atoms with van der Waals surface area (Å²) in [7, 11) is -3.87. The third-order valence-corrected chi connectivity index (χ3v) is 4.98. The highest BCUT2D eigenvalue weighted by Gasteiger charge is 2.31. The van der Waals surface area contributed by atoms with E-state index in [4.69, 9.17) is 4.18 Å². The lowest BCUT2D eigenvalue weighted by molar-refractivity contribution is -0.525. The van der Waals surface area contributed by atoms with E-state index in [2.05, 4.69) is 6.58 Å². The predicted molar refractivity (Wildman–Crippen MR) is 89.2 cm³/mol. The predicted octanol–water partition coefficient (Wildman–Crippen LogP) is 2.59. The van der Waals surface area contributed by atoms with Gasteiger partial charge in [0.05, 0.1) is 5.56 Å². The van der Waals surface area contributed by atoms with Gasteiger partial charge in [-0.1, -0.05) is 43.0 Å². The number of hydrogen-bond acceptors (Lipinski definition) is 3. The van der Waals surface area contributed by atoms with Crippen LogP contribution in [0.1, 0.15) is 11.1 Å². The van der Waals surface area contributed by atoms with Crippen LogP contribution in [-0.4, -0.2) is 32.0 Å². The van der Waals surface area contributed by atoms with E-state index in [1.807, 2.05) is 28.8 Å². The van der Waals surface area contributed by atoms with Gasteiger partial charge in [0.15, 0.2) is 13.1 Å². The van der Waals surface area contributed by atoms with Crippen LogP contribution in [0.3, 0.4) is 0 Å². The van der Waals surface area contributed by atoms with Gasteiger partial charge in [-0.15, -0.1) is 0 Å². The number of rotatable bonds is 4. The Labute approximate surface area is 136 Å². The lowest BCUT2D eigenvalue weighted by Gasteiger charge is -2.17. The highest BCUT2D eigenvalue weighted by molar-refractivity contribution is 7.87. The molecule has 2 aromatic rings. The van der Waals surface area contributed by atoms with Gasteiger partial charge < -0.3 is 4.18 Å². The van der Waals surface area contributed by atoms with E-state index < -0.39 is 10.1 Å². The Balaban J connectivity index is 2.06. The fourth-order valence-electron chi connectivity index (χ4n) is 2.64. The SMILES string of the molecule is C=CC[N+]1=C(OS(=O)(=O)c2ccccc2)c2ccccc2CC1. The topological polar surface area (TPSA) is 46.4 Å². The average Bonchev–Trinajstić information content (AvgIpc) is 2.58. The molecule has 0 atom stereocenters. The zero-order chi connectivity index (χ0) is 16.3. The van der Waals surface area contributed by atoms with Crippen LogP contribution in [-0.2, 0) is 20.7 Å². The van der Waals surface area contributed by atoms with E-state index in [-0.39, 0.29) is 4.90 Å². The van der Waals surface area contributed by atoms with Crippen LogP contribution in [0.25, 0.3) is 0 Å². The van der Waals surface area contributed by atoms with Crippen molar-refractivity contribution in [2.24, 2.45) is 0 Å². The summed E-state index contributed by atoms with van der Waals surface area (Å²) in [6, 6.07) is 15.9. The summed E-state index contributed by atoms with van der Waals surface area (Å²) in [4.78, 5) is 0.147. The molecule has 0 bridgehead atoms. The van der Waals surface area contributed by atoms with Crippen LogP contribution in [0.5, 0.6) is 0 Å². The molecule has 0 saturated heterocycles. The smallest absolute Gasteiger partial charge is 0.319 e. The Morgan fingerprint density at radius 3 is 2.52 bits per heavy atom. The molecule has 23 heavy (non-hydrogen) atoms. The van der Waals surface area contributed by atoms with Gasteiger partial charge in [0.25, 0.3) is 0 Å². The summed E-state index contributed by atoms with van der Waals surface area (Å²) in [5.41, 5.74) is 1.91. The molecule has 0 unspecified atom stereocenters. The minimum absolute atomic E-state index is 0.147. The Morgan fingerprint density at radius 2 is 1.78 bits per heavy atom. The van der Waals surface area contributed by atoms with E-state index in [1.165, 1.54) is 12.1 Å². The Kier molecular flexibility index (Phi) is 4.30. The maximum Gasteiger partial charge on any atom is 0.386 e. The Bertz CT molecular complexity index is 855. The fourth-order valence-corrected chi connectivity index (χ4v) is 3.63. The van der Waals surface area contributed by atoms with Gasteiger partial charge in [-0.05, 0) is 29.8 Å². The molecule has 118 valence electrons. The fraction of sp³-hybridized carbons (Fsp3) is 0.167. The zero-order valence-electron chi connectivity index (χ0n) is 12.7. The highest BCUT2D eigenvalue weighted by atomic mass is 32.2. The van der Waals surface area contributed by atoms with Crippen molar-refractivity contribution in [3.63, 3.8) is 0 Å². The number of hydrogen-bond donors (Lipinski definition) is 0. The van der Waals surface area contributed by atoms with Crippen LogP contribution in [0, 0.1) is 0 Å². The highest BCUT2D eigenvalue weighted by Crippen LogP contribution is 2.20. The van der Waals surface area contributed by atoms with Crippen LogP contribution < -0.4 is 0 Å². The second-order valence-electron chi connectivity index (χ2n) is 5.30. The monoisotopic (exact) mass is 328 g/mol. The molecule has 0 spiro atoms. The van der Waals surface area contributed by atoms with E-state index >= 15 is 0 Å². The molecule has 3 rings (SSSR count). The molecule has 0 saturated carbocycles. The minimum atomic E-state index is -3.87. The van der Waals surface area contributed by atoms with E-state index in [0.717, 1.165) is 17.5 Å². The van der Waals surface area contributed by atoms with Gasteiger partial charge in [0.1, 0.15) is 4.90 Å². The summed E-state index contributed by atoms with van der Waals surface area (Å²) in [5.74, 6) is 0.371. The Morgan fingerprint density at radius 1 is 1.09 bits per heavy atom. The third-order valence-electron chi connectivity index (χ3n) is 3.76. The van der Waals surface area contributed by atoms with Gasteiger partial charge in [0, 0.05) is 6.42 Å². The van der Waals surface area contributed by atoms with Crippen LogP contribution in [0.2, 0.25) is 0 Å². The second kappa shape index (κ2) is 6.38. The number of nitrogens with zero attached hydrogens (tertiary/aromatic N) is 1. The normalized spacial score (nSPS) is 14.3. The maximum absolute atomic E-state index is 12.6. The standard InChI is InChI=1S/C18H18NO3S/c1-2-13-19-14-12-15-8-6-7-11-17(15)18(19)22-23(20,21)16-9-4-3-5-10-16/h2-11H,1,12-14H2/q+1. The summed E-state index contributed by atoms with van der Waals surface area (Å²) in [5, 5.41) is 0. The molecule has 0 radical (unpaired) electrons. The molecule has 2 aromatic carbocycles. The van der Waals surface area contributed by atoms with Gasteiger partial charge in [-0.2, -0.15) is 13.0 Å². The van der Waals surface area contributed by atoms with Crippen molar-refractivity contribution < 1.29 is 17.2 Å². The number of fused-ring (bicyclic) bond motifs is 1. The van der Waals surface area contributed by atoms with Gasteiger partial charge >= 0.3 is 16.0 Å². The molecule has 1 aliphatic heterocycles. The summed E-state index contributed by atoms with van der Waals surface area (Å²) < 4.78 is 32.6. The second-order valence-corrected chi connectivity index (χ2v) is 6.84. The summed E-state index contributed by atoms with van der Waals surface area (Å²) in [6.07, 6.45) is 2.59. The van der Waals surface area contributed by atoms with E-state index in [1.54, 1.807) is 24.3 Å². The molecule has 1 aliphatic rings. The molecular weight excluding hydrogens is 310 g/mol. The van der Waals surface area contributed by atoms with Crippen LogP contribution in [0.4, 0.5) is 0 Å². The van der Waals surface area contributed by atoms with Gasteiger partial charge in [-0.25, -0.2) is 0 Å². The number of benzene rings is 2. The van der Waals surface area contributed by atoms with Crippen molar-refractivity contribution in [1.29, 1.82) is 0 Å². The molecule has 0 aliphatic carbocycles. The first-order valence-corrected chi connectivity index (χ1v) is 8.83.